The number of benzene rings is 2. The topological polar surface area (TPSA) is 90.0 Å². The highest BCUT2D eigenvalue weighted by molar-refractivity contribution is 7.89. The molecule has 0 unspecified atom stereocenters. The molecule has 7 nitrogen and oxygen atoms in total. The Labute approximate surface area is 169 Å². The number of fused-ring (bicyclic) bond motifs is 1. The monoisotopic (exact) mass is 415 g/mol. The van der Waals surface area contributed by atoms with Gasteiger partial charge in [0.2, 0.25) is 0 Å². The van der Waals surface area contributed by atoms with Gasteiger partial charge in [0, 0.05) is 11.6 Å². The van der Waals surface area contributed by atoms with Crippen LogP contribution in [0.15, 0.2) is 65.2 Å². The fourth-order valence-electron chi connectivity index (χ4n) is 3.16. The summed E-state index contributed by atoms with van der Waals surface area (Å²) in [6.07, 6.45) is -0.0324. The summed E-state index contributed by atoms with van der Waals surface area (Å²) in [5.74, 6) is -1.65. The van der Waals surface area contributed by atoms with Gasteiger partial charge in [0.05, 0.1) is 18.4 Å². The number of rotatable bonds is 5. The van der Waals surface area contributed by atoms with E-state index in [2.05, 4.69) is 0 Å². The molecule has 0 bridgehead atoms. The molecule has 2 aromatic carbocycles. The van der Waals surface area contributed by atoms with Crippen molar-refractivity contribution in [2.24, 2.45) is 0 Å². The number of hydrogen-bond acceptors (Lipinski definition) is 6. The van der Waals surface area contributed by atoms with E-state index in [0.29, 0.717) is 0 Å². The molecule has 152 valence electrons. The minimum atomic E-state index is -4.03. The zero-order valence-electron chi connectivity index (χ0n) is 16.3. The van der Waals surface area contributed by atoms with Crippen LogP contribution in [0, 0.1) is 0 Å². The summed E-state index contributed by atoms with van der Waals surface area (Å²) in [6, 6.07) is 14.5. The number of carbonyl (C=O) groups is 2. The number of sulfonamides is 1. The van der Waals surface area contributed by atoms with Crippen LogP contribution >= 0.6 is 0 Å². The lowest BCUT2D eigenvalue weighted by Gasteiger charge is -2.34. The molecule has 8 heteroatoms. The van der Waals surface area contributed by atoms with Crippen molar-refractivity contribution in [1.29, 1.82) is 0 Å². The molecule has 0 atom stereocenters. The lowest BCUT2D eigenvalue weighted by molar-refractivity contribution is -0.138. The van der Waals surface area contributed by atoms with Crippen molar-refractivity contribution in [1.82, 2.24) is 4.31 Å². The van der Waals surface area contributed by atoms with Gasteiger partial charge < -0.3 is 9.47 Å². The van der Waals surface area contributed by atoms with Crippen LogP contribution in [0.2, 0.25) is 0 Å². The lowest BCUT2D eigenvalue weighted by atomic mass is 10.1. The van der Waals surface area contributed by atoms with Crippen LogP contribution < -0.4 is 0 Å². The fraction of sp³-hybridized carbons (Fsp3) is 0.238. The molecular formula is C21H21NO6S. The summed E-state index contributed by atoms with van der Waals surface area (Å²) >= 11 is 0. The van der Waals surface area contributed by atoms with Gasteiger partial charge >= 0.3 is 11.9 Å². The normalized spacial score (nSPS) is 15.1. The number of hydrogen-bond donors (Lipinski definition) is 0. The smallest absolute Gasteiger partial charge is 0.359 e. The summed E-state index contributed by atoms with van der Waals surface area (Å²) in [7, 11) is -2.89. The SMILES string of the molecule is COC(=O)C1=C(OC(=O)Cc2ccccc2)c2ccccc2S(=O)(=O)N1C(C)C. The Hall–Kier alpha value is -3.13. The van der Waals surface area contributed by atoms with E-state index in [1.165, 1.54) is 12.1 Å². The van der Waals surface area contributed by atoms with E-state index in [9.17, 15) is 18.0 Å². The molecule has 1 aliphatic heterocycles. The summed E-state index contributed by atoms with van der Waals surface area (Å²) in [5.41, 5.74) is 0.559. The first kappa shape index (κ1) is 20.6. The maximum Gasteiger partial charge on any atom is 0.359 e. The molecule has 0 radical (unpaired) electrons. The predicted molar refractivity (Wildman–Crippen MR) is 106 cm³/mol. The predicted octanol–water partition coefficient (Wildman–Crippen LogP) is 2.73. The van der Waals surface area contributed by atoms with E-state index in [1.807, 2.05) is 6.07 Å². The summed E-state index contributed by atoms with van der Waals surface area (Å²) in [5, 5.41) is 0. The van der Waals surface area contributed by atoms with Gasteiger partial charge in [-0.3, -0.25) is 9.10 Å². The lowest BCUT2D eigenvalue weighted by Crippen LogP contribution is -2.43. The second-order valence-corrected chi connectivity index (χ2v) is 8.48. The highest BCUT2D eigenvalue weighted by atomic mass is 32.2. The van der Waals surface area contributed by atoms with Crippen LogP contribution in [0.25, 0.3) is 5.76 Å². The van der Waals surface area contributed by atoms with Crippen LogP contribution in [-0.4, -0.2) is 37.8 Å². The first-order valence-electron chi connectivity index (χ1n) is 8.98. The molecule has 0 aromatic heterocycles. The Morgan fingerprint density at radius 3 is 2.24 bits per heavy atom. The molecule has 0 fully saturated rings. The molecule has 3 rings (SSSR count). The minimum absolute atomic E-state index is 0.0324. The van der Waals surface area contributed by atoms with Gasteiger partial charge in [-0.25, -0.2) is 13.2 Å². The molecule has 0 aliphatic carbocycles. The van der Waals surface area contributed by atoms with Crippen molar-refractivity contribution < 1.29 is 27.5 Å². The van der Waals surface area contributed by atoms with Gasteiger partial charge in [0.25, 0.3) is 10.0 Å². The van der Waals surface area contributed by atoms with Gasteiger partial charge in [-0.2, -0.15) is 0 Å². The van der Waals surface area contributed by atoms with Crippen molar-refractivity contribution in [3.8, 4) is 0 Å². The molecule has 0 saturated heterocycles. The molecule has 0 saturated carbocycles. The van der Waals surface area contributed by atoms with Crippen molar-refractivity contribution in [2.75, 3.05) is 7.11 Å². The highest BCUT2D eigenvalue weighted by Gasteiger charge is 2.43. The second kappa shape index (κ2) is 8.08. The number of esters is 2. The van der Waals surface area contributed by atoms with E-state index >= 15 is 0 Å². The third kappa shape index (κ3) is 3.88. The Kier molecular flexibility index (Phi) is 5.74. The molecule has 29 heavy (non-hydrogen) atoms. The molecule has 0 N–H and O–H groups in total. The second-order valence-electron chi connectivity index (χ2n) is 6.70. The van der Waals surface area contributed by atoms with E-state index in [4.69, 9.17) is 9.47 Å². The van der Waals surface area contributed by atoms with Crippen LogP contribution in [0.3, 0.4) is 0 Å². The number of nitrogens with zero attached hydrogens (tertiary/aromatic N) is 1. The van der Waals surface area contributed by atoms with Gasteiger partial charge in [0.1, 0.15) is 0 Å². The number of carbonyl (C=O) groups excluding carboxylic acids is 2. The Morgan fingerprint density at radius 1 is 1.00 bits per heavy atom. The quantitative estimate of drug-likeness (QED) is 0.698. The third-order valence-corrected chi connectivity index (χ3v) is 6.39. The summed E-state index contributed by atoms with van der Waals surface area (Å²) < 4.78 is 37.6. The fourth-order valence-corrected chi connectivity index (χ4v) is 5.02. The van der Waals surface area contributed by atoms with Gasteiger partial charge in [-0.15, -0.1) is 0 Å². The maximum atomic E-state index is 13.1. The van der Waals surface area contributed by atoms with E-state index < -0.39 is 28.0 Å². The van der Waals surface area contributed by atoms with Crippen LogP contribution in [0.1, 0.15) is 25.0 Å². The zero-order valence-corrected chi connectivity index (χ0v) is 17.1. The first-order chi connectivity index (χ1) is 13.8. The van der Waals surface area contributed by atoms with E-state index in [1.54, 1.807) is 50.2 Å². The maximum absolute atomic E-state index is 13.1. The van der Waals surface area contributed by atoms with Gasteiger partial charge in [-0.05, 0) is 31.5 Å². The average Bonchev–Trinajstić information content (AvgIpc) is 2.69. The van der Waals surface area contributed by atoms with Gasteiger partial charge in [-0.1, -0.05) is 42.5 Å². The van der Waals surface area contributed by atoms with E-state index in [-0.39, 0.29) is 28.3 Å². The van der Waals surface area contributed by atoms with Crippen molar-refractivity contribution in [2.45, 2.75) is 31.2 Å². The molecule has 1 aliphatic rings. The van der Waals surface area contributed by atoms with Crippen LogP contribution in [-0.2, 0) is 35.5 Å². The average molecular weight is 415 g/mol. The molecular weight excluding hydrogens is 394 g/mol. The number of ether oxygens (including phenoxy) is 2. The number of methoxy groups -OCH3 is 1. The minimum Gasteiger partial charge on any atom is -0.464 e. The van der Waals surface area contributed by atoms with Crippen LogP contribution in [0.4, 0.5) is 0 Å². The summed E-state index contributed by atoms with van der Waals surface area (Å²) in [4.78, 5) is 25.1. The van der Waals surface area contributed by atoms with Crippen molar-refractivity contribution in [3.63, 3.8) is 0 Å². The van der Waals surface area contributed by atoms with Crippen molar-refractivity contribution >= 4 is 27.7 Å². The van der Waals surface area contributed by atoms with Crippen LogP contribution in [0.5, 0.6) is 0 Å². The van der Waals surface area contributed by atoms with E-state index in [0.717, 1.165) is 17.0 Å². The van der Waals surface area contributed by atoms with Crippen molar-refractivity contribution in [3.05, 3.63) is 71.4 Å². The molecule has 1 heterocycles. The standard InChI is InChI=1S/C21H21NO6S/c1-14(2)22-19(21(24)27-3)20(16-11-7-8-12-17(16)29(22,25)26)28-18(23)13-15-9-5-4-6-10-15/h4-12,14H,13H2,1-3H3. The molecule has 0 spiro atoms. The Morgan fingerprint density at radius 2 is 1.62 bits per heavy atom. The van der Waals surface area contributed by atoms with Gasteiger partial charge in [0.15, 0.2) is 11.5 Å². The molecule has 0 amide bonds. The largest absolute Gasteiger partial charge is 0.464 e. The Balaban J connectivity index is 2.15. The summed E-state index contributed by atoms with van der Waals surface area (Å²) in [6.45, 7) is 3.25. The first-order valence-corrected chi connectivity index (χ1v) is 10.4. The highest BCUT2D eigenvalue weighted by Crippen LogP contribution is 2.39. The Bertz CT molecular complexity index is 1070. The molecule has 2 aromatic rings. The zero-order chi connectivity index (χ0) is 21.2. The third-order valence-electron chi connectivity index (χ3n) is 4.36.